The molecule has 4 rings (SSSR count). The number of imidazole rings is 1. The lowest BCUT2D eigenvalue weighted by atomic mass is 10.0. The molecule has 0 aliphatic heterocycles. The van der Waals surface area contributed by atoms with Crippen molar-refractivity contribution >= 4 is 28.5 Å². The number of nitrogens with zero attached hydrogens (tertiary/aromatic N) is 1. The zero-order valence-corrected chi connectivity index (χ0v) is 21.5. The third-order valence-corrected chi connectivity index (χ3v) is 6.18. The second-order valence-corrected chi connectivity index (χ2v) is 9.62. The number of hydrogen-bond acceptors (Lipinski definition) is 4. The van der Waals surface area contributed by atoms with Crippen LogP contribution >= 0.6 is 11.6 Å². The number of alkyl halides is 3. The molecule has 3 aromatic carbocycles. The Labute approximate surface area is 222 Å². The number of aromatic nitrogens is 2. The van der Waals surface area contributed by atoms with E-state index in [4.69, 9.17) is 16.3 Å². The van der Waals surface area contributed by atoms with Gasteiger partial charge in [-0.05, 0) is 68.7 Å². The van der Waals surface area contributed by atoms with Crippen LogP contribution in [-0.4, -0.2) is 39.7 Å². The van der Waals surface area contributed by atoms with Crippen molar-refractivity contribution in [2.45, 2.75) is 45.0 Å². The lowest BCUT2D eigenvalue weighted by Gasteiger charge is -2.19. The second-order valence-electron chi connectivity index (χ2n) is 9.21. The number of H-pyrrole nitrogens is 1. The number of ether oxygens (including phenoxy) is 1. The largest absolute Gasteiger partial charge is 0.489 e. The Morgan fingerprint density at radius 3 is 2.47 bits per heavy atom. The number of aliphatic hydroxyl groups excluding tert-OH is 1. The van der Waals surface area contributed by atoms with E-state index in [-0.39, 0.29) is 30.2 Å². The van der Waals surface area contributed by atoms with Crippen LogP contribution in [0.15, 0.2) is 60.7 Å². The van der Waals surface area contributed by atoms with Gasteiger partial charge < -0.3 is 20.1 Å². The van der Waals surface area contributed by atoms with Gasteiger partial charge in [0.05, 0.1) is 27.7 Å². The standard InChI is InChI=1S/C28H27ClF3N3O3/c1-16(2)38-25-10-7-19(14-22(25)29)27(37)33-21(11-12-36)13-17-3-5-18(6-4-17)26-34-23-9-8-20(28(30,31)32)15-24(23)35-26/h3-10,14-16,21,36H,11-13H2,1-2H3,(H,33,37)(H,34,35)/t21-/m1/s1. The minimum atomic E-state index is -4.44. The fourth-order valence-corrected chi connectivity index (χ4v) is 4.27. The van der Waals surface area contributed by atoms with Gasteiger partial charge in [0.2, 0.25) is 0 Å². The smallest absolute Gasteiger partial charge is 0.416 e. The number of aromatic amines is 1. The van der Waals surface area contributed by atoms with Crippen molar-refractivity contribution < 1.29 is 27.8 Å². The number of hydrogen-bond donors (Lipinski definition) is 3. The van der Waals surface area contributed by atoms with Crippen molar-refractivity contribution in [3.63, 3.8) is 0 Å². The SMILES string of the molecule is CC(C)Oc1ccc(C(=O)N[C@H](CCO)Cc2ccc(-c3nc4cc(C(F)(F)F)ccc4[nH]3)cc2)cc1Cl. The number of amides is 1. The fraction of sp³-hybridized carbons (Fsp3) is 0.286. The summed E-state index contributed by atoms with van der Waals surface area (Å²) in [6.45, 7) is 3.66. The average Bonchev–Trinajstić information content (AvgIpc) is 3.28. The van der Waals surface area contributed by atoms with Crippen LogP contribution in [-0.2, 0) is 12.6 Å². The first-order chi connectivity index (χ1) is 18.0. The summed E-state index contributed by atoms with van der Waals surface area (Å²) in [5.41, 5.74) is 1.97. The summed E-state index contributed by atoms with van der Waals surface area (Å²) in [6, 6.07) is 15.2. The van der Waals surface area contributed by atoms with Crippen molar-refractivity contribution in [3.05, 3.63) is 82.4 Å². The summed E-state index contributed by atoms with van der Waals surface area (Å²) < 4.78 is 44.6. The monoisotopic (exact) mass is 545 g/mol. The van der Waals surface area contributed by atoms with Crippen molar-refractivity contribution in [1.82, 2.24) is 15.3 Å². The first kappa shape index (κ1) is 27.5. The van der Waals surface area contributed by atoms with Crippen LogP contribution in [0.1, 0.15) is 41.8 Å². The zero-order chi connectivity index (χ0) is 27.4. The summed E-state index contributed by atoms with van der Waals surface area (Å²) in [6.07, 6.45) is -3.68. The van der Waals surface area contributed by atoms with E-state index in [1.165, 1.54) is 6.07 Å². The van der Waals surface area contributed by atoms with E-state index in [1.54, 1.807) is 18.2 Å². The normalized spacial score (nSPS) is 12.6. The average molecular weight is 546 g/mol. The number of fused-ring (bicyclic) bond motifs is 1. The molecule has 1 heterocycles. The Kier molecular flexibility index (Phi) is 8.28. The maximum absolute atomic E-state index is 13.0. The van der Waals surface area contributed by atoms with Crippen LogP contribution in [0, 0.1) is 0 Å². The van der Waals surface area contributed by atoms with E-state index in [2.05, 4.69) is 15.3 Å². The first-order valence-corrected chi connectivity index (χ1v) is 12.5. The predicted octanol–water partition coefficient (Wildman–Crippen LogP) is 6.41. The molecule has 0 fully saturated rings. The van der Waals surface area contributed by atoms with Gasteiger partial charge in [-0.2, -0.15) is 13.2 Å². The van der Waals surface area contributed by atoms with Crippen LogP contribution in [0.5, 0.6) is 5.75 Å². The van der Waals surface area contributed by atoms with E-state index in [0.717, 1.165) is 17.7 Å². The molecule has 0 saturated heterocycles. The molecular weight excluding hydrogens is 519 g/mol. The van der Waals surface area contributed by atoms with Gasteiger partial charge in [-0.3, -0.25) is 4.79 Å². The van der Waals surface area contributed by atoms with Gasteiger partial charge in [-0.25, -0.2) is 4.98 Å². The molecule has 4 aromatic rings. The molecule has 10 heteroatoms. The molecule has 3 N–H and O–H groups in total. The van der Waals surface area contributed by atoms with Gasteiger partial charge >= 0.3 is 6.18 Å². The summed E-state index contributed by atoms with van der Waals surface area (Å²) in [4.78, 5) is 20.2. The van der Waals surface area contributed by atoms with Crippen molar-refractivity contribution in [2.24, 2.45) is 0 Å². The molecule has 0 aliphatic carbocycles. The van der Waals surface area contributed by atoms with E-state index in [9.17, 15) is 23.1 Å². The first-order valence-electron chi connectivity index (χ1n) is 12.1. The number of carbonyl (C=O) groups is 1. The molecule has 0 radical (unpaired) electrons. The molecule has 0 aliphatic rings. The van der Waals surface area contributed by atoms with Crippen LogP contribution in [0.2, 0.25) is 5.02 Å². The topological polar surface area (TPSA) is 87.2 Å². The summed E-state index contributed by atoms with van der Waals surface area (Å²) >= 11 is 6.26. The lowest BCUT2D eigenvalue weighted by molar-refractivity contribution is -0.137. The maximum atomic E-state index is 13.0. The number of halogens is 4. The molecule has 6 nitrogen and oxygen atoms in total. The van der Waals surface area contributed by atoms with Crippen LogP contribution in [0.3, 0.4) is 0 Å². The van der Waals surface area contributed by atoms with Gasteiger partial charge in [0.15, 0.2) is 0 Å². The molecule has 0 saturated carbocycles. The fourth-order valence-electron chi connectivity index (χ4n) is 4.04. The summed E-state index contributed by atoms with van der Waals surface area (Å²) in [7, 11) is 0. The molecule has 0 unspecified atom stereocenters. The molecule has 1 amide bonds. The highest BCUT2D eigenvalue weighted by Crippen LogP contribution is 2.32. The number of nitrogens with one attached hydrogen (secondary N) is 2. The summed E-state index contributed by atoms with van der Waals surface area (Å²) in [5, 5.41) is 12.8. The van der Waals surface area contributed by atoms with Gasteiger partial charge in [0.1, 0.15) is 11.6 Å². The van der Waals surface area contributed by atoms with Crippen LogP contribution in [0.4, 0.5) is 13.2 Å². The Bertz CT molecular complexity index is 1420. The van der Waals surface area contributed by atoms with Gasteiger partial charge in [0.25, 0.3) is 5.91 Å². The van der Waals surface area contributed by atoms with Crippen molar-refractivity contribution in [1.29, 1.82) is 0 Å². The van der Waals surface area contributed by atoms with Gasteiger partial charge in [-0.15, -0.1) is 0 Å². The number of carbonyl (C=O) groups excluding carboxylic acids is 1. The number of benzene rings is 3. The Balaban J connectivity index is 1.45. The molecule has 1 aromatic heterocycles. The molecule has 1 atom stereocenters. The number of aliphatic hydroxyl groups is 1. The molecule has 38 heavy (non-hydrogen) atoms. The highest BCUT2D eigenvalue weighted by atomic mass is 35.5. The van der Waals surface area contributed by atoms with Gasteiger partial charge in [0, 0.05) is 23.8 Å². The quantitative estimate of drug-likeness (QED) is 0.227. The number of rotatable bonds is 9. The Morgan fingerprint density at radius 1 is 1.11 bits per heavy atom. The lowest BCUT2D eigenvalue weighted by Crippen LogP contribution is -2.37. The van der Waals surface area contributed by atoms with Gasteiger partial charge in [-0.1, -0.05) is 35.9 Å². The van der Waals surface area contributed by atoms with E-state index in [1.807, 2.05) is 38.1 Å². The predicted molar refractivity (Wildman–Crippen MR) is 140 cm³/mol. The summed E-state index contributed by atoms with van der Waals surface area (Å²) in [5.74, 6) is 0.627. The Hall–Kier alpha value is -3.56. The third kappa shape index (κ3) is 6.65. The minimum Gasteiger partial charge on any atom is -0.489 e. The Morgan fingerprint density at radius 2 is 1.84 bits per heavy atom. The van der Waals surface area contributed by atoms with Crippen LogP contribution in [0.25, 0.3) is 22.4 Å². The molecule has 200 valence electrons. The third-order valence-electron chi connectivity index (χ3n) is 5.89. The highest BCUT2D eigenvalue weighted by Gasteiger charge is 2.30. The maximum Gasteiger partial charge on any atom is 0.416 e. The molecule has 0 spiro atoms. The molecule has 0 bridgehead atoms. The van der Waals surface area contributed by atoms with E-state index in [0.29, 0.717) is 46.1 Å². The zero-order valence-electron chi connectivity index (χ0n) is 20.8. The van der Waals surface area contributed by atoms with Crippen molar-refractivity contribution in [2.75, 3.05) is 6.61 Å². The minimum absolute atomic E-state index is 0.0541. The highest BCUT2D eigenvalue weighted by molar-refractivity contribution is 6.32. The van der Waals surface area contributed by atoms with E-state index < -0.39 is 11.7 Å². The van der Waals surface area contributed by atoms with Crippen molar-refractivity contribution in [3.8, 4) is 17.1 Å². The molecular formula is C28H27ClF3N3O3. The van der Waals surface area contributed by atoms with Crippen LogP contribution < -0.4 is 10.1 Å². The van der Waals surface area contributed by atoms with E-state index >= 15 is 0 Å². The second kappa shape index (κ2) is 11.4.